The number of rotatable bonds is 16. The average molecular weight is 680 g/mol. The lowest BCUT2D eigenvalue weighted by atomic mass is 10.2. The maximum absolute atomic E-state index is 9.99. The molecule has 0 aromatic heterocycles. The molecule has 0 amide bonds. The summed E-state index contributed by atoms with van der Waals surface area (Å²) in [5.41, 5.74) is 24.4. The van der Waals surface area contributed by atoms with Crippen LogP contribution in [0.25, 0.3) is 0 Å². The average Bonchev–Trinajstić information content (AvgIpc) is 2.86. The lowest BCUT2D eigenvalue weighted by molar-refractivity contribution is -0.144. The minimum Gasteiger partial charge on any atom is -0.481 e. The topological polar surface area (TPSA) is 503 Å². The Morgan fingerprint density at radius 3 is 0.587 bits per heavy atom. The lowest BCUT2D eigenvalue weighted by Crippen LogP contribution is -2.32. The fourth-order valence-corrected chi connectivity index (χ4v) is 1.50. The quantitative estimate of drug-likeness (QED) is 0.0724. The fraction of sp³-hybridized carbons (Fsp3) is 0.524. The number of carboxylic acids is 10. The summed E-state index contributed by atoms with van der Waals surface area (Å²) < 4.78 is 0. The van der Waals surface area contributed by atoms with Crippen LogP contribution in [0.5, 0.6) is 0 Å². The van der Waals surface area contributed by atoms with E-state index in [4.69, 9.17) is 79.7 Å². The molecular weight excluding hydrogens is 642 g/mol. The summed E-state index contributed by atoms with van der Waals surface area (Å²) in [5, 5.41) is 80.4. The molecule has 0 saturated heterocycles. The minimum atomic E-state index is -1.29. The van der Waals surface area contributed by atoms with Gasteiger partial charge in [-0.1, -0.05) is 0 Å². The van der Waals surface area contributed by atoms with Crippen LogP contribution >= 0.6 is 0 Å². The molecule has 0 unspecified atom stereocenters. The Bertz CT molecular complexity index is 923. The maximum atomic E-state index is 9.99. The monoisotopic (exact) mass is 679 g/mol. The summed E-state index contributed by atoms with van der Waals surface area (Å²) in [6.07, 6.45) is -2.35. The fourth-order valence-electron chi connectivity index (χ4n) is 1.50. The third kappa shape index (κ3) is 43.0. The zero-order valence-electron chi connectivity index (χ0n) is 23.6. The second-order valence-electron chi connectivity index (χ2n) is 8.05. The van der Waals surface area contributed by atoms with Crippen molar-refractivity contribution in [2.45, 2.75) is 68.7 Å². The number of nitrogens with two attached hydrogens (primary N) is 5. The van der Waals surface area contributed by atoms with Gasteiger partial charge < -0.3 is 79.7 Å². The zero-order chi connectivity index (χ0) is 37.9. The summed E-state index contributed by atoms with van der Waals surface area (Å²) >= 11 is 0. The van der Waals surface area contributed by atoms with Crippen molar-refractivity contribution in [1.82, 2.24) is 0 Å². The molecule has 0 radical (unpaired) electrons. The minimum absolute atomic E-state index is 0.0231. The molecule has 0 aromatic carbocycles. The molecule has 25 heteroatoms. The maximum Gasteiger partial charge on any atom is 0.321 e. The van der Waals surface area contributed by atoms with E-state index in [1.165, 1.54) is 0 Å². The highest BCUT2D eigenvalue weighted by Crippen LogP contribution is 1.93. The predicted octanol–water partition coefficient (Wildman–Crippen LogP) is -5.24. The summed E-state index contributed by atoms with van der Waals surface area (Å²) in [5.74, 6) is -12.2. The highest BCUT2D eigenvalue weighted by atomic mass is 16.4. The summed E-state index contributed by atoms with van der Waals surface area (Å²) in [6.45, 7) is 0. The molecule has 25 nitrogen and oxygen atoms in total. The molecule has 0 bridgehead atoms. The van der Waals surface area contributed by atoms with Crippen molar-refractivity contribution in [3.63, 3.8) is 0 Å². The van der Waals surface area contributed by atoms with Crippen LogP contribution in [-0.4, -0.2) is 141 Å². The first-order valence-electron chi connectivity index (χ1n) is 11.7. The zero-order valence-corrected chi connectivity index (χ0v) is 23.6. The standard InChI is InChI=1S/C5H9NO4.4C4H7NO4/c6-3(5(9)10)1-2-4(7)8;4*5-2(4(8)9)1-3(6)7/h3H,1-2,6H2,(H,7,8)(H,9,10);4*2H,1,5H2,(H,6,7)(H,8,9)/t3-;4*2-/m00000/s1. The molecule has 0 aliphatic carbocycles. The van der Waals surface area contributed by atoms with Crippen molar-refractivity contribution >= 4 is 59.7 Å². The van der Waals surface area contributed by atoms with E-state index in [0.29, 0.717) is 0 Å². The molecule has 5 atom stereocenters. The Kier molecular flexibility index (Phi) is 30.8. The Morgan fingerprint density at radius 1 is 0.326 bits per heavy atom. The molecule has 20 N–H and O–H groups in total. The van der Waals surface area contributed by atoms with Crippen LogP contribution in [0.1, 0.15) is 38.5 Å². The van der Waals surface area contributed by atoms with E-state index in [1.807, 2.05) is 0 Å². The smallest absolute Gasteiger partial charge is 0.321 e. The molecule has 266 valence electrons. The van der Waals surface area contributed by atoms with Gasteiger partial charge in [0.15, 0.2) is 0 Å². The SMILES string of the molecule is N[C@@H](CC(=O)O)C(=O)O.N[C@@H](CC(=O)O)C(=O)O.N[C@@H](CC(=O)O)C(=O)O.N[C@@H](CC(=O)O)C(=O)O.N[C@@H](CCC(=O)O)C(=O)O. The number of hydrogen-bond donors (Lipinski definition) is 15. The molecule has 0 fully saturated rings. The van der Waals surface area contributed by atoms with Gasteiger partial charge in [0.2, 0.25) is 0 Å². The number of hydrogen-bond acceptors (Lipinski definition) is 15. The Hall–Kier alpha value is -5.50. The van der Waals surface area contributed by atoms with Crippen molar-refractivity contribution in [2.75, 3.05) is 0 Å². The number of carboxylic acid groups (broad SMARTS) is 10. The van der Waals surface area contributed by atoms with Crippen molar-refractivity contribution in [2.24, 2.45) is 28.7 Å². The Labute approximate surface area is 256 Å². The molecule has 0 rings (SSSR count). The van der Waals surface area contributed by atoms with Gasteiger partial charge in [0.25, 0.3) is 0 Å². The van der Waals surface area contributed by atoms with E-state index in [0.717, 1.165) is 0 Å². The molecular formula is C21H37N5O20. The van der Waals surface area contributed by atoms with E-state index in [9.17, 15) is 47.9 Å². The largest absolute Gasteiger partial charge is 0.481 e. The molecule has 0 aliphatic heterocycles. The van der Waals surface area contributed by atoms with Crippen molar-refractivity contribution < 1.29 is 99.0 Å². The van der Waals surface area contributed by atoms with Gasteiger partial charge in [-0.15, -0.1) is 0 Å². The van der Waals surface area contributed by atoms with E-state index < -0.39 is 116 Å². The normalized spacial score (nSPS) is 12.5. The van der Waals surface area contributed by atoms with Crippen LogP contribution in [0.15, 0.2) is 0 Å². The Morgan fingerprint density at radius 2 is 0.500 bits per heavy atom. The Balaban J connectivity index is -0.000000152. The third-order valence-corrected chi connectivity index (χ3v) is 3.83. The first kappa shape index (κ1) is 50.1. The molecule has 0 heterocycles. The van der Waals surface area contributed by atoms with Gasteiger partial charge in [0.1, 0.15) is 30.2 Å². The summed E-state index contributed by atoms with van der Waals surface area (Å²) in [7, 11) is 0. The van der Waals surface area contributed by atoms with Crippen LogP contribution in [-0.2, 0) is 47.9 Å². The first-order chi connectivity index (χ1) is 20.7. The van der Waals surface area contributed by atoms with Gasteiger partial charge in [-0.3, -0.25) is 47.9 Å². The highest BCUT2D eigenvalue weighted by Gasteiger charge is 2.16. The molecule has 0 spiro atoms. The molecule has 0 aliphatic rings. The van der Waals surface area contributed by atoms with Gasteiger partial charge in [-0.25, -0.2) is 0 Å². The van der Waals surface area contributed by atoms with Gasteiger partial charge in [0.05, 0.1) is 25.7 Å². The van der Waals surface area contributed by atoms with E-state index in [2.05, 4.69) is 0 Å². The van der Waals surface area contributed by atoms with Crippen LogP contribution in [0.3, 0.4) is 0 Å². The van der Waals surface area contributed by atoms with Crippen LogP contribution in [0, 0.1) is 0 Å². The van der Waals surface area contributed by atoms with Crippen molar-refractivity contribution in [3.8, 4) is 0 Å². The van der Waals surface area contributed by atoms with Crippen LogP contribution in [0.4, 0.5) is 0 Å². The van der Waals surface area contributed by atoms with Gasteiger partial charge in [-0.2, -0.15) is 0 Å². The number of carbonyl (C=O) groups is 10. The van der Waals surface area contributed by atoms with Crippen LogP contribution < -0.4 is 28.7 Å². The van der Waals surface area contributed by atoms with Crippen molar-refractivity contribution in [1.29, 1.82) is 0 Å². The predicted molar refractivity (Wildman–Crippen MR) is 144 cm³/mol. The molecule has 46 heavy (non-hydrogen) atoms. The van der Waals surface area contributed by atoms with Gasteiger partial charge in [-0.05, 0) is 6.42 Å². The number of aliphatic carboxylic acids is 10. The molecule has 0 saturated carbocycles. The lowest BCUT2D eigenvalue weighted by Gasteiger charge is -2.01. The first-order valence-corrected chi connectivity index (χ1v) is 11.7. The molecule has 0 aromatic rings. The summed E-state index contributed by atoms with van der Waals surface area (Å²) in [4.78, 5) is 98.3. The van der Waals surface area contributed by atoms with E-state index in [-0.39, 0.29) is 12.8 Å². The van der Waals surface area contributed by atoms with Crippen molar-refractivity contribution in [3.05, 3.63) is 0 Å². The van der Waals surface area contributed by atoms with Gasteiger partial charge in [0, 0.05) is 6.42 Å². The summed E-state index contributed by atoms with van der Waals surface area (Å²) in [6, 6.07) is -6.22. The third-order valence-electron chi connectivity index (χ3n) is 3.83. The highest BCUT2D eigenvalue weighted by molar-refractivity contribution is 5.81. The van der Waals surface area contributed by atoms with Gasteiger partial charge >= 0.3 is 59.7 Å². The van der Waals surface area contributed by atoms with E-state index in [1.54, 1.807) is 0 Å². The second kappa shape index (κ2) is 28.3. The van der Waals surface area contributed by atoms with Crippen LogP contribution in [0.2, 0.25) is 0 Å². The second-order valence-corrected chi connectivity index (χ2v) is 8.05. The van der Waals surface area contributed by atoms with E-state index >= 15 is 0 Å².